The zero-order valence-electron chi connectivity index (χ0n) is 11.5. The van der Waals surface area contributed by atoms with Gasteiger partial charge in [0.1, 0.15) is 0 Å². The molecule has 20 heavy (non-hydrogen) atoms. The summed E-state index contributed by atoms with van der Waals surface area (Å²) in [5.74, 6) is -0.0778. The van der Waals surface area contributed by atoms with E-state index in [1.807, 2.05) is 0 Å². The summed E-state index contributed by atoms with van der Waals surface area (Å²) in [6, 6.07) is 0. The molecule has 110 valence electrons. The van der Waals surface area contributed by atoms with Gasteiger partial charge in [0.15, 0.2) is 6.10 Å². The lowest BCUT2D eigenvalue weighted by atomic mass is 10.0. The molecule has 2 heterocycles. The number of carbonyl (C=O) groups is 1. The number of thiazole rings is 1. The fourth-order valence-electron chi connectivity index (χ4n) is 2.56. The average Bonchev–Trinajstić information content (AvgIpc) is 2.90. The first-order valence-electron chi connectivity index (χ1n) is 7.27. The van der Waals surface area contributed by atoms with Crippen LogP contribution in [0.2, 0.25) is 0 Å². The first kappa shape index (κ1) is 14.0. The van der Waals surface area contributed by atoms with Gasteiger partial charge in [-0.15, -0.1) is 11.3 Å². The normalized spacial score (nSPS) is 22.3. The summed E-state index contributed by atoms with van der Waals surface area (Å²) in [6.45, 7) is 2.05. The minimum absolute atomic E-state index is 0.0778. The Balaban J connectivity index is 1.45. The van der Waals surface area contributed by atoms with Crippen molar-refractivity contribution in [2.75, 3.05) is 26.4 Å². The Morgan fingerprint density at radius 2 is 2.25 bits per heavy atom. The highest BCUT2D eigenvalue weighted by molar-refractivity contribution is 7.11. The van der Waals surface area contributed by atoms with E-state index in [-0.39, 0.29) is 5.91 Å². The second kappa shape index (κ2) is 6.65. The van der Waals surface area contributed by atoms with E-state index in [0.29, 0.717) is 26.4 Å². The molecule has 1 aliphatic heterocycles. The number of hydrogen-bond acceptors (Lipinski definition) is 5. The highest BCUT2D eigenvalue weighted by Crippen LogP contribution is 2.26. The molecule has 1 amide bonds. The molecule has 0 bridgehead atoms. The van der Waals surface area contributed by atoms with Crippen LogP contribution in [0.3, 0.4) is 0 Å². The van der Waals surface area contributed by atoms with E-state index in [4.69, 9.17) is 9.47 Å². The predicted octanol–water partition coefficient (Wildman–Crippen LogP) is 1.10. The van der Waals surface area contributed by atoms with Crippen molar-refractivity contribution in [2.45, 2.75) is 38.2 Å². The molecule has 1 aliphatic carbocycles. The van der Waals surface area contributed by atoms with Crippen LogP contribution in [0.4, 0.5) is 0 Å². The van der Waals surface area contributed by atoms with Crippen LogP contribution in [0.1, 0.15) is 28.4 Å². The molecule has 0 aromatic carbocycles. The van der Waals surface area contributed by atoms with Crippen molar-refractivity contribution in [1.29, 1.82) is 0 Å². The van der Waals surface area contributed by atoms with E-state index in [2.05, 4.69) is 10.3 Å². The minimum Gasteiger partial charge on any atom is -0.376 e. The topological polar surface area (TPSA) is 60.5 Å². The van der Waals surface area contributed by atoms with Crippen LogP contribution >= 0.6 is 11.3 Å². The third kappa shape index (κ3) is 3.37. The maximum atomic E-state index is 11.8. The van der Waals surface area contributed by atoms with Gasteiger partial charge < -0.3 is 14.8 Å². The van der Waals surface area contributed by atoms with Crippen molar-refractivity contribution in [3.63, 3.8) is 0 Å². The monoisotopic (exact) mass is 296 g/mol. The van der Waals surface area contributed by atoms with E-state index in [1.165, 1.54) is 29.8 Å². The van der Waals surface area contributed by atoms with Crippen LogP contribution in [-0.2, 0) is 33.5 Å². The van der Waals surface area contributed by atoms with Gasteiger partial charge in [-0.3, -0.25) is 4.79 Å². The molecular formula is C14H20N2O3S. The molecule has 1 aromatic heterocycles. The lowest BCUT2D eigenvalue weighted by Crippen LogP contribution is -2.43. The molecule has 0 spiro atoms. The zero-order valence-corrected chi connectivity index (χ0v) is 12.3. The van der Waals surface area contributed by atoms with Gasteiger partial charge in [-0.05, 0) is 25.7 Å². The molecule has 1 unspecified atom stereocenters. The minimum atomic E-state index is -0.451. The predicted molar refractivity (Wildman–Crippen MR) is 76.0 cm³/mol. The number of nitrogens with zero attached hydrogens (tertiary/aromatic N) is 1. The summed E-state index contributed by atoms with van der Waals surface area (Å²) in [5.41, 5.74) is 1.28. The van der Waals surface area contributed by atoms with Crippen LogP contribution in [-0.4, -0.2) is 43.4 Å². The number of aryl methyl sites for hydroxylation is 2. The summed E-state index contributed by atoms with van der Waals surface area (Å²) in [6.07, 6.45) is 5.18. The maximum absolute atomic E-state index is 11.8. The van der Waals surface area contributed by atoms with Crippen molar-refractivity contribution in [3.8, 4) is 0 Å². The molecule has 0 saturated carbocycles. The van der Waals surface area contributed by atoms with Crippen molar-refractivity contribution < 1.29 is 14.3 Å². The van der Waals surface area contributed by atoms with Gasteiger partial charge in [-0.2, -0.15) is 0 Å². The largest absolute Gasteiger partial charge is 0.376 e. The fraction of sp³-hybridized carbons (Fsp3) is 0.714. The molecule has 2 aliphatic rings. The quantitative estimate of drug-likeness (QED) is 0.904. The summed E-state index contributed by atoms with van der Waals surface area (Å²) in [7, 11) is 0. The van der Waals surface area contributed by atoms with Crippen LogP contribution in [0, 0.1) is 0 Å². The Morgan fingerprint density at radius 3 is 3.05 bits per heavy atom. The molecule has 1 aromatic rings. The third-order valence-electron chi connectivity index (χ3n) is 3.64. The SMILES string of the molecule is O=C(NCCc1nc2c(s1)CCCC2)C1COCCO1. The number of rotatable bonds is 4. The number of hydrogen-bond donors (Lipinski definition) is 1. The van der Waals surface area contributed by atoms with Crippen LogP contribution < -0.4 is 5.32 Å². The molecule has 1 N–H and O–H groups in total. The maximum Gasteiger partial charge on any atom is 0.251 e. The van der Waals surface area contributed by atoms with Crippen molar-refractivity contribution in [2.24, 2.45) is 0 Å². The van der Waals surface area contributed by atoms with E-state index < -0.39 is 6.10 Å². The first-order chi connectivity index (χ1) is 9.83. The summed E-state index contributed by atoms with van der Waals surface area (Å²) in [4.78, 5) is 18.0. The molecule has 1 fully saturated rings. The van der Waals surface area contributed by atoms with Gasteiger partial charge in [-0.25, -0.2) is 4.98 Å². The molecule has 5 nitrogen and oxygen atoms in total. The molecular weight excluding hydrogens is 276 g/mol. The fourth-order valence-corrected chi connectivity index (χ4v) is 3.71. The van der Waals surface area contributed by atoms with Gasteiger partial charge in [0.25, 0.3) is 5.91 Å². The van der Waals surface area contributed by atoms with E-state index in [0.717, 1.165) is 17.8 Å². The highest BCUT2D eigenvalue weighted by atomic mass is 32.1. The molecule has 0 radical (unpaired) electrons. The van der Waals surface area contributed by atoms with Crippen LogP contribution in [0.5, 0.6) is 0 Å². The number of aromatic nitrogens is 1. The van der Waals surface area contributed by atoms with E-state index in [1.54, 1.807) is 11.3 Å². The van der Waals surface area contributed by atoms with Crippen LogP contribution in [0.25, 0.3) is 0 Å². The van der Waals surface area contributed by atoms with Gasteiger partial charge in [0.05, 0.1) is 30.5 Å². The second-order valence-corrected chi connectivity index (χ2v) is 6.33. The van der Waals surface area contributed by atoms with Gasteiger partial charge in [-0.1, -0.05) is 0 Å². The Bertz CT molecular complexity index is 445. The third-order valence-corrected chi connectivity index (χ3v) is 4.85. The Labute approximate surface area is 122 Å². The van der Waals surface area contributed by atoms with Crippen molar-refractivity contribution in [3.05, 3.63) is 15.6 Å². The standard InChI is InChI=1S/C14H20N2O3S/c17-14(11-9-18-7-8-19-11)15-6-5-13-16-10-3-1-2-4-12(10)20-13/h11H,1-9H2,(H,15,17). The van der Waals surface area contributed by atoms with E-state index in [9.17, 15) is 4.79 Å². The molecule has 1 atom stereocenters. The second-order valence-electron chi connectivity index (χ2n) is 5.16. The van der Waals surface area contributed by atoms with Crippen molar-refractivity contribution in [1.82, 2.24) is 10.3 Å². The smallest absolute Gasteiger partial charge is 0.251 e. The number of ether oxygens (including phenoxy) is 2. The van der Waals surface area contributed by atoms with Gasteiger partial charge in [0, 0.05) is 17.8 Å². The number of carbonyl (C=O) groups excluding carboxylic acids is 1. The Kier molecular flexibility index (Phi) is 4.65. The van der Waals surface area contributed by atoms with Crippen molar-refractivity contribution >= 4 is 17.2 Å². The lowest BCUT2D eigenvalue weighted by Gasteiger charge is -2.21. The summed E-state index contributed by atoms with van der Waals surface area (Å²) in [5, 5.41) is 4.04. The Morgan fingerprint density at radius 1 is 1.35 bits per heavy atom. The number of fused-ring (bicyclic) bond motifs is 1. The van der Waals surface area contributed by atoms with E-state index >= 15 is 0 Å². The Hall–Kier alpha value is -0.980. The summed E-state index contributed by atoms with van der Waals surface area (Å²) < 4.78 is 10.6. The van der Waals surface area contributed by atoms with Crippen LogP contribution in [0.15, 0.2) is 0 Å². The van der Waals surface area contributed by atoms with Gasteiger partial charge in [0.2, 0.25) is 0 Å². The number of nitrogens with one attached hydrogen (secondary N) is 1. The molecule has 6 heteroatoms. The molecule has 3 rings (SSSR count). The summed E-state index contributed by atoms with van der Waals surface area (Å²) >= 11 is 1.80. The van der Waals surface area contributed by atoms with Gasteiger partial charge >= 0.3 is 0 Å². The zero-order chi connectivity index (χ0) is 13.8. The molecule has 1 saturated heterocycles. The highest BCUT2D eigenvalue weighted by Gasteiger charge is 2.22. The first-order valence-corrected chi connectivity index (χ1v) is 8.09. The number of amides is 1. The average molecular weight is 296 g/mol. The lowest BCUT2D eigenvalue weighted by molar-refractivity contribution is -0.147.